The molecule has 5 rings (SSSR count). The maximum Gasteiger partial charge on any atom is 0.255 e. The molecular weight excluding hydrogens is 494 g/mol. The van der Waals surface area contributed by atoms with Crippen LogP contribution < -0.4 is 10.1 Å². The number of para-hydroxylation sites is 1. The summed E-state index contributed by atoms with van der Waals surface area (Å²) in [5.74, 6) is 1.29. The number of nitrogens with zero attached hydrogens (tertiary/aromatic N) is 4. The smallest absolute Gasteiger partial charge is 0.255 e. The molecule has 0 bridgehead atoms. The van der Waals surface area contributed by atoms with Crippen molar-refractivity contribution in [3.05, 3.63) is 76.9 Å². The number of ether oxygens (including phenoxy) is 1. The van der Waals surface area contributed by atoms with Crippen LogP contribution in [0.3, 0.4) is 0 Å². The summed E-state index contributed by atoms with van der Waals surface area (Å²) in [5, 5.41) is 7.22. The van der Waals surface area contributed by atoms with Gasteiger partial charge in [-0.1, -0.05) is 17.3 Å². The van der Waals surface area contributed by atoms with E-state index in [0.29, 0.717) is 56.2 Å². The summed E-state index contributed by atoms with van der Waals surface area (Å²) in [4.78, 5) is 34.7. The number of piperidine rings is 1. The largest absolute Gasteiger partial charge is 0.492 e. The Morgan fingerprint density at radius 1 is 1.05 bits per heavy atom. The SMILES string of the molecule is Cc1ccc(C(=O)N2CCC3(CCCN(Cc4cc(C)on4)CCNC(=O)c4ccccc4OC3)CC2)cn1. The van der Waals surface area contributed by atoms with Gasteiger partial charge in [0.25, 0.3) is 11.8 Å². The molecule has 1 spiro atoms. The molecule has 1 saturated heterocycles. The number of aryl methyl sites for hydroxylation is 2. The van der Waals surface area contributed by atoms with Crippen LogP contribution in [0.5, 0.6) is 5.75 Å². The third kappa shape index (κ3) is 6.65. The first-order valence-corrected chi connectivity index (χ1v) is 13.8. The number of amides is 2. The topological polar surface area (TPSA) is 101 Å². The number of likely N-dealkylation sites (tertiary alicyclic amines) is 1. The zero-order valence-electron chi connectivity index (χ0n) is 22.8. The van der Waals surface area contributed by atoms with Crippen molar-refractivity contribution in [3.8, 4) is 5.75 Å². The van der Waals surface area contributed by atoms with Crippen molar-refractivity contribution in [3.63, 3.8) is 0 Å². The fourth-order valence-electron chi connectivity index (χ4n) is 5.53. The minimum atomic E-state index is -0.136. The van der Waals surface area contributed by atoms with Crippen molar-refractivity contribution in [2.24, 2.45) is 5.41 Å². The number of fused-ring (bicyclic) bond motifs is 1. The monoisotopic (exact) mass is 531 g/mol. The maximum atomic E-state index is 13.1. The molecule has 9 nitrogen and oxygen atoms in total. The Labute approximate surface area is 229 Å². The van der Waals surface area contributed by atoms with Gasteiger partial charge in [0.1, 0.15) is 11.5 Å². The van der Waals surface area contributed by atoms with Crippen molar-refractivity contribution in [2.75, 3.05) is 39.3 Å². The van der Waals surface area contributed by atoms with Crippen molar-refractivity contribution in [1.82, 2.24) is 25.3 Å². The molecule has 206 valence electrons. The van der Waals surface area contributed by atoms with Gasteiger partial charge >= 0.3 is 0 Å². The van der Waals surface area contributed by atoms with Crippen LogP contribution >= 0.6 is 0 Å². The summed E-state index contributed by atoms with van der Waals surface area (Å²) in [7, 11) is 0. The first-order chi connectivity index (χ1) is 18.9. The number of hydrogen-bond donors (Lipinski definition) is 1. The van der Waals surface area contributed by atoms with Gasteiger partial charge in [0.2, 0.25) is 0 Å². The molecule has 2 aromatic heterocycles. The Bertz CT molecular complexity index is 1280. The predicted molar refractivity (Wildman–Crippen MR) is 147 cm³/mol. The van der Waals surface area contributed by atoms with Gasteiger partial charge in [0.05, 0.1) is 23.4 Å². The highest BCUT2D eigenvalue weighted by atomic mass is 16.5. The molecule has 1 N–H and O–H groups in total. The van der Waals surface area contributed by atoms with Gasteiger partial charge in [0.15, 0.2) is 0 Å². The molecule has 3 aromatic rings. The minimum Gasteiger partial charge on any atom is -0.492 e. The Morgan fingerprint density at radius 3 is 2.62 bits per heavy atom. The van der Waals surface area contributed by atoms with Crippen LogP contribution in [0, 0.1) is 19.3 Å². The Morgan fingerprint density at radius 2 is 1.87 bits per heavy atom. The summed E-state index contributed by atoms with van der Waals surface area (Å²) in [5.41, 5.74) is 2.87. The van der Waals surface area contributed by atoms with Gasteiger partial charge in [-0.2, -0.15) is 0 Å². The molecule has 2 amide bonds. The molecule has 0 saturated carbocycles. The van der Waals surface area contributed by atoms with E-state index < -0.39 is 0 Å². The van der Waals surface area contributed by atoms with Gasteiger partial charge in [-0.3, -0.25) is 19.5 Å². The van der Waals surface area contributed by atoms with Crippen LogP contribution in [-0.2, 0) is 6.54 Å². The lowest BCUT2D eigenvalue weighted by Gasteiger charge is -2.42. The van der Waals surface area contributed by atoms with Crippen molar-refractivity contribution >= 4 is 11.8 Å². The summed E-state index contributed by atoms with van der Waals surface area (Å²) < 4.78 is 11.6. The third-order valence-electron chi connectivity index (χ3n) is 7.89. The van der Waals surface area contributed by atoms with E-state index in [4.69, 9.17) is 9.26 Å². The van der Waals surface area contributed by atoms with E-state index in [1.807, 2.05) is 61.2 Å². The van der Waals surface area contributed by atoms with Crippen LogP contribution in [0.2, 0.25) is 0 Å². The average molecular weight is 532 g/mol. The molecule has 4 heterocycles. The lowest BCUT2D eigenvalue weighted by Crippen LogP contribution is -2.46. The molecular formula is C30H37N5O4. The fourth-order valence-corrected chi connectivity index (χ4v) is 5.53. The number of nitrogens with one attached hydrogen (secondary N) is 1. The van der Waals surface area contributed by atoms with Gasteiger partial charge < -0.3 is 19.5 Å². The molecule has 39 heavy (non-hydrogen) atoms. The number of hydrogen-bond acceptors (Lipinski definition) is 7. The number of pyridine rings is 1. The Hall–Kier alpha value is -3.72. The highest BCUT2D eigenvalue weighted by Crippen LogP contribution is 2.38. The van der Waals surface area contributed by atoms with E-state index in [-0.39, 0.29) is 17.2 Å². The van der Waals surface area contributed by atoms with E-state index in [1.54, 1.807) is 6.20 Å². The summed E-state index contributed by atoms with van der Waals surface area (Å²) in [6, 6.07) is 13.1. The lowest BCUT2D eigenvalue weighted by atomic mass is 9.75. The highest BCUT2D eigenvalue weighted by molar-refractivity contribution is 5.97. The first kappa shape index (κ1) is 26.9. The second kappa shape index (κ2) is 12.0. The van der Waals surface area contributed by atoms with Gasteiger partial charge in [0, 0.05) is 56.1 Å². The van der Waals surface area contributed by atoms with Gasteiger partial charge in [-0.05, 0) is 70.3 Å². The number of benzene rings is 1. The zero-order valence-corrected chi connectivity index (χ0v) is 22.8. The lowest BCUT2D eigenvalue weighted by molar-refractivity contribution is 0.0348. The van der Waals surface area contributed by atoms with E-state index in [2.05, 4.69) is 20.4 Å². The predicted octanol–water partition coefficient (Wildman–Crippen LogP) is 4.01. The molecule has 2 aliphatic heterocycles. The molecule has 0 unspecified atom stereocenters. The second-order valence-electron chi connectivity index (χ2n) is 10.8. The maximum absolute atomic E-state index is 13.1. The standard InChI is InChI=1S/C30H37N5O4/c1-22-8-9-24(19-32-22)29(37)35-15-11-30(12-16-35)10-5-14-34(20-25-18-23(2)39-33-25)17-13-31-28(36)26-6-3-4-7-27(26)38-21-30/h3-4,6-9,18-19H,5,10-17,20-21H2,1-2H3,(H,31,36). The van der Waals surface area contributed by atoms with Crippen LogP contribution in [0.1, 0.15) is 63.5 Å². The number of carbonyl (C=O) groups excluding carboxylic acids is 2. The molecule has 1 fully saturated rings. The van der Waals surface area contributed by atoms with Crippen molar-refractivity contribution in [1.29, 1.82) is 0 Å². The number of aromatic nitrogens is 2. The van der Waals surface area contributed by atoms with Gasteiger partial charge in [-0.15, -0.1) is 0 Å². The van der Waals surface area contributed by atoms with Crippen molar-refractivity contribution in [2.45, 2.75) is 46.1 Å². The zero-order chi connectivity index (χ0) is 27.2. The Balaban J connectivity index is 1.32. The molecule has 0 radical (unpaired) electrons. The van der Waals surface area contributed by atoms with Crippen LogP contribution in [0.25, 0.3) is 0 Å². The fraction of sp³-hybridized carbons (Fsp3) is 0.467. The molecule has 9 heteroatoms. The van der Waals surface area contributed by atoms with Crippen LogP contribution in [-0.4, -0.2) is 71.1 Å². The number of carbonyl (C=O) groups is 2. The van der Waals surface area contributed by atoms with Crippen molar-refractivity contribution < 1.29 is 18.8 Å². The van der Waals surface area contributed by atoms with E-state index >= 15 is 0 Å². The molecule has 1 aromatic carbocycles. The molecule has 2 aliphatic rings. The van der Waals surface area contributed by atoms with E-state index in [1.165, 1.54) is 0 Å². The summed E-state index contributed by atoms with van der Waals surface area (Å²) >= 11 is 0. The van der Waals surface area contributed by atoms with Gasteiger partial charge in [-0.25, -0.2) is 0 Å². The highest BCUT2D eigenvalue weighted by Gasteiger charge is 2.37. The third-order valence-corrected chi connectivity index (χ3v) is 7.89. The molecule has 0 aliphatic carbocycles. The first-order valence-electron chi connectivity index (χ1n) is 13.8. The van der Waals surface area contributed by atoms with E-state index in [0.717, 1.165) is 49.4 Å². The normalized spacial score (nSPS) is 18.7. The van der Waals surface area contributed by atoms with Crippen LogP contribution in [0.4, 0.5) is 0 Å². The number of rotatable bonds is 3. The Kier molecular flexibility index (Phi) is 8.26. The van der Waals surface area contributed by atoms with Crippen LogP contribution in [0.15, 0.2) is 53.2 Å². The molecule has 0 atom stereocenters. The summed E-state index contributed by atoms with van der Waals surface area (Å²) in [6.45, 7) is 8.42. The minimum absolute atomic E-state index is 0.0269. The second-order valence-corrected chi connectivity index (χ2v) is 10.8. The average Bonchev–Trinajstić information content (AvgIpc) is 3.36. The van der Waals surface area contributed by atoms with E-state index in [9.17, 15) is 9.59 Å². The summed E-state index contributed by atoms with van der Waals surface area (Å²) in [6.07, 6.45) is 5.30. The quantitative estimate of drug-likeness (QED) is 0.545.